The Morgan fingerprint density at radius 3 is 1.92 bits per heavy atom. The van der Waals surface area contributed by atoms with Crippen LogP contribution in [0.1, 0.15) is 44.9 Å². The standard InChI is InChI=1S/C5H11NO.C5H8O/c6-4-2-1-3-5(4)7;6-5-3-1-2-4-5/h4-5,7H,1-3,6H2;1-4H2. The van der Waals surface area contributed by atoms with Crippen molar-refractivity contribution in [1.82, 2.24) is 0 Å². The molecule has 0 aromatic carbocycles. The van der Waals surface area contributed by atoms with Gasteiger partial charge in [0, 0.05) is 18.9 Å². The zero-order valence-corrected chi connectivity index (χ0v) is 8.04. The third kappa shape index (κ3) is 3.87. The molecule has 2 fully saturated rings. The van der Waals surface area contributed by atoms with E-state index in [9.17, 15) is 4.79 Å². The Kier molecular flexibility index (Phi) is 4.39. The molecule has 0 aromatic rings. The third-order valence-electron chi connectivity index (χ3n) is 2.69. The van der Waals surface area contributed by atoms with Crippen molar-refractivity contribution in [1.29, 1.82) is 0 Å². The lowest BCUT2D eigenvalue weighted by Crippen LogP contribution is -2.28. The van der Waals surface area contributed by atoms with E-state index in [-0.39, 0.29) is 12.1 Å². The number of aliphatic hydroxyl groups excluding tert-OH is 1. The van der Waals surface area contributed by atoms with Crippen LogP contribution in [0.15, 0.2) is 0 Å². The minimum Gasteiger partial charge on any atom is -0.392 e. The molecule has 0 saturated heterocycles. The molecule has 2 saturated carbocycles. The third-order valence-corrected chi connectivity index (χ3v) is 2.69. The van der Waals surface area contributed by atoms with Crippen LogP contribution >= 0.6 is 0 Å². The van der Waals surface area contributed by atoms with Gasteiger partial charge in [-0.15, -0.1) is 0 Å². The zero-order valence-electron chi connectivity index (χ0n) is 8.04. The molecule has 0 heterocycles. The van der Waals surface area contributed by atoms with E-state index in [0.717, 1.165) is 44.9 Å². The molecule has 76 valence electrons. The van der Waals surface area contributed by atoms with Crippen molar-refractivity contribution in [2.75, 3.05) is 0 Å². The van der Waals surface area contributed by atoms with E-state index >= 15 is 0 Å². The first-order chi connectivity index (χ1) is 6.20. The minimum absolute atomic E-state index is 0.0694. The topological polar surface area (TPSA) is 63.3 Å². The van der Waals surface area contributed by atoms with Gasteiger partial charge in [0.05, 0.1) is 6.10 Å². The summed E-state index contributed by atoms with van der Waals surface area (Å²) in [7, 11) is 0. The van der Waals surface area contributed by atoms with Crippen LogP contribution < -0.4 is 5.73 Å². The van der Waals surface area contributed by atoms with Gasteiger partial charge in [0.15, 0.2) is 0 Å². The summed E-state index contributed by atoms with van der Waals surface area (Å²) in [6.07, 6.45) is 6.77. The number of carbonyl (C=O) groups is 1. The second-order valence-electron chi connectivity index (χ2n) is 3.91. The fraction of sp³-hybridized carbons (Fsp3) is 0.900. The summed E-state index contributed by atoms with van der Waals surface area (Å²) in [5.74, 6) is 0.454. The maximum Gasteiger partial charge on any atom is 0.132 e. The summed E-state index contributed by atoms with van der Waals surface area (Å²) in [6.45, 7) is 0. The smallest absolute Gasteiger partial charge is 0.132 e. The second-order valence-corrected chi connectivity index (χ2v) is 3.91. The lowest BCUT2D eigenvalue weighted by Gasteiger charge is -2.04. The summed E-state index contributed by atoms with van der Waals surface area (Å²) in [5, 5.41) is 8.87. The summed E-state index contributed by atoms with van der Waals surface area (Å²) < 4.78 is 0. The molecule has 3 N–H and O–H groups in total. The molecule has 2 aliphatic carbocycles. The van der Waals surface area contributed by atoms with Crippen LogP contribution in [-0.4, -0.2) is 23.0 Å². The number of hydrogen-bond donors (Lipinski definition) is 2. The van der Waals surface area contributed by atoms with Crippen LogP contribution in [0.2, 0.25) is 0 Å². The number of Topliss-reactive ketones (excluding diaryl/α,β-unsaturated/α-hetero) is 1. The van der Waals surface area contributed by atoms with Crippen LogP contribution in [-0.2, 0) is 4.79 Å². The van der Waals surface area contributed by atoms with Gasteiger partial charge in [-0.1, -0.05) is 0 Å². The summed E-state index contributed by atoms with van der Waals surface area (Å²) >= 11 is 0. The average Bonchev–Trinajstić information content (AvgIpc) is 2.67. The molecule has 0 amide bonds. The van der Waals surface area contributed by atoms with Crippen molar-refractivity contribution in [3.8, 4) is 0 Å². The van der Waals surface area contributed by atoms with Crippen molar-refractivity contribution in [2.24, 2.45) is 5.73 Å². The first-order valence-electron chi connectivity index (χ1n) is 5.15. The second kappa shape index (κ2) is 5.35. The Hall–Kier alpha value is -0.410. The normalized spacial score (nSPS) is 32.9. The van der Waals surface area contributed by atoms with E-state index in [1.54, 1.807) is 0 Å². The molecule has 0 spiro atoms. The molecular weight excluding hydrogens is 166 g/mol. The van der Waals surface area contributed by atoms with Gasteiger partial charge in [0.2, 0.25) is 0 Å². The van der Waals surface area contributed by atoms with Crippen molar-refractivity contribution in [3.63, 3.8) is 0 Å². The average molecular weight is 185 g/mol. The maximum absolute atomic E-state index is 10.2. The summed E-state index contributed by atoms with van der Waals surface area (Å²) in [5.41, 5.74) is 5.43. The highest BCUT2D eigenvalue weighted by molar-refractivity contribution is 5.79. The molecular formula is C10H19NO2. The zero-order chi connectivity index (χ0) is 9.68. The minimum atomic E-state index is -0.208. The summed E-state index contributed by atoms with van der Waals surface area (Å²) in [4.78, 5) is 10.2. The van der Waals surface area contributed by atoms with E-state index in [0.29, 0.717) is 5.78 Å². The quantitative estimate of drug-likeness (QED) is 0.591. The predicted octanol–water partition coefficient (Wildman–Crippen LogP) is 0.988. The molecule has 2 unspecified atom stereocenters. The molecule has 3 nitrogen and oxygen atoms in total. The molecule has 0 radical (unpaired) electrons. The van der Waals surface area contributed by atoms with Gasteiger partial charge in [-0.25, -0.2) is 0 Å². The first-order valence-corrected chi connectivity index (χ1v) is 5.15. The molecule has 2 aliphatic rings. The van der Waals surface area contributed by atoms with E-state index in [2.05, 4.69) is 0 Å². The maximum atomic E-state index is 10.2. The van der Waals surface area contributed by atoms with Crippen molar-refractivity contribution >= 4 is 5.78 Å². The van der Waals surface area contributed by atoms with E-state index in [4.69, 9.17) is 10.8 Å². The lowest BCUT2D eigenvalue weighted by atomic mass is 10.2. The SMILES string of the molecule is NC1CCCC1O.O=C1CCCC1. The van der Waals surface area contributed by atoms with Gasteiger partial charge in [0.25, 0.3) is 0 Å². The van der Waals surface area contributed by atoms with Crippen molar-refractivity contribution < 1.29 is 9.90 Å². The van der Waals surface area contributed by atoms with Gasteiger partial charge < -0.3 is 10.8 Å². The van der Waals surface area contributed by atoms with Crippen LogP contribution in [0, 0.1) is 0 Å². The Morgan fingerprint density at radius 2 is 1.77 bits per heavy atom. The Bertz CT molecular complexity index is 154. The van der Waals surface area contributed by atoms with Crippen molar-refractivity contribution in [3.05, 3.63) is 0 Å². The number of carbonyl (C=O) groups excluding carboxylic acids is 1. The number of ketones is 1. The monoisotopic (exact) mass is 185 g/mol. The van der Waals surface area contributed by atoms with Crippen LogP contribution in [0.4, 0.5) is 0 Å². The molecule has 0 bridgehead atoms. The van der Waals surface area contributed by atoms with Gasteiger partial charge in [-0.3, -0.25) is 4.79 Å². The van der Waals surface area contributed by atoms with E-state index in [1.165, 1.54) is 0 Å². The van der Waals surface area contributed by atoms with Gasteiger partial charge in [0.1, 0.15) is 5.78 Å². The van der Waals surface area contributed by atoms with Crippen LogP contribution in [0.25, 0.3) is 0 Å². The van der Waals surface area contributed by atoms with Crippen molar-refractivity contribution in [2.45, 2.75) is 57.1 Å². The largest absolute Gasteiger partial charge is 0.392 e. The number of nitrogens with two attached hydrogens (primary N) is 1. The van der Waals surface area contributed by atoms with Gasteiger partial charge >= 0.3 is 0 Å². The van der Waals surface area contributed by atoms with E-state index < -0.39 is 0 Å². The highest BCUT2D eigenvalue weighted by atomic mass is 16.3. The number of rotatable bonds is 0. The fourth-order valence-corrected chi connectivity index (χ4v) is 1.74. The number of aliphatic hydroxyl groups is 1. The highest BCUT2D eigenvalue weighted by Gasteiger charge is 2.20. The van der Waals surface area contributed by atoms with Crippen LogP contribution in [0.5, 0.6) is 0 Å². The summed E-state index contributed by atoms with van der Waals surface area (Å²) in [6, 6.07) is 0.0694. The number of hydrogen-bond acceptors (Lipinski definition) is 3. The lowest BCUT2D eigenvalue weighted by molar-refractivity contribution is -0.117. The highest BCUT2D eigenvalue weighted by Crippen LogP contribution is 2.15. The van der Waals surface area contributed by atoms with E-state index in [1.807, 2.05) is 0 Å². The Labute approximate surface area is 79.3 Å². The Morgan fingerprint density at radius 1 is 1.15 bits per heavy atom. The first kappa shape index (κ1) is 10.7. The van der Waals surface area contributed by atoms with Crippen LogP contribution in [0.3, 0.4) is 0 Å². The molecule has 0 aliphatic heterocycles. The molecule has 0 aromatic heterocycles. The molecule has 2 atom stereocenters. The molecule has 2 rings (SSSR count). The predicted molar refractivity (Wildman–Crippen MR) is 51.3 cm³/mol. The fourth-order valence-electron chi connectivity index (χ4n) is 1.74. The molecule has 3 heteroatoms. The molecule has 13 heavy (non-hydrogen) atoms. The van der Waals surface area contributed by atoms with Gasteiger partial charge in [-0.2, -0.15) is 0 Å². The van der Waals surface area contributed by atoms with Gasteiger partial charge in [-0.05, 0) is 32.1 Å². The Balaban J connectivity index is 0.000000132.